The third-order valence-electron chi connectivity index (χ3n) is 5.73. The molecule has 0 spiro atoms. The van der Waals surface area contributed by atoms with Crippen LogP contribution in [0.25, 0.3) is 52.8 Å². The lowest BCUT2D eigenvalue weighted by Crippen LogP contribution is -1.83. The SMILES string of the molecule is Cc1ccc(-c2cc3c(sc4ccc5ccccc5c43)c3ccccc23)cc1. The van der Waals surface area contributed by atoms with Crippen molar-refractivity contribution < 1.29 is 0 Å². The summed E-state index contributed by atoms with van der Waals surface area (Å²) in [7, 11) is 0. The smallest absolute Gasteiger partial charge is 0.0434 e. The minimum absolute atomic E-state index is 1.28. The van der Waals surface area contributed by atoms with Gasteiger partial charge in [0.05, 0.1) is 0 Å². The first-order valence-electron chi connectivity index (χ1n) is 9.62. The van der Waals surface area contributed by atoms with Crippen LogP contribution in [-0.4, -0.2) is 0 Å². The predicted octanol–water partition coefficient (Wildman–Crippen LogP) is 8.34. The van der Waals surface area contributed by atoms with Crippen molar-refractivity contribution in [1.82, 2.24) is 0 Å². The van der Waals surface area contributed by atoms with Crippen molar-refractivity contribution in [3.8, 4) is 11.1 Å². The van der Waals surface area contributed by atoms with Crippen molar-refractivity contribution in [2.24, 2.45) is 0 Å². The first kappa shape index (κ1) is 15.9. The second-order valence-electron chi connectivity index (χ2n) is 7.47. The molecule has 0 saturated heterocycles. The molecule has 1 heteroatoms. The highest BCUT2D eigenvalue weighted by molar-refractivity contribution is 7.27. The van der Waals surface area contributed by atoms with Gasteiger partial charge in [0.2, 0.25) is 0 Å². The largest absolute Gasteiger partial charge is 0.135 e. The van der Waals surface area contributed by atoms with Gasteiger partial charge in [-0.3, -0.25) is 0 Å². The summed E-state index contributed by atoms with van der Waals surface area (Å²) < 4.78 is 2.75. The Kier molecular flexibility index (Phi) is 3.35. The Morgan fingerprint density at radius 3 is 2.14 bits per heavy atom. The molecular weight excluding hydrogens is 356 g/mol. The van der Waals surface area contributed by atoms with E-state index in [0.717, 1.165) is 0 Å². The zero-order valence-electron chi connectivity index (χ0n) is 15.6. The Bertz CT molecular complexity index is 1500. The summed E-state index contributed by atoms with van der Waals surface area (Å²) in [5.41, 5.74) is 3.89. The topological polar surface area (TPSA) is 0 Å². The summed E-state index contributed by atoms with van der Waals surface area (Å²) in [6, 6.07) is 33.4. The second-order valence-corrected chi connectivity index (χ2v) is 8.53. The molecule has 0 nitrogen and oxygen atoms in total. The van der Waals surface area contributed by atoms with Crippen molar-refractivity contribution in [3.05, 3.63) is 96.6 Å². The molecule has 132 valence electrons. The molecule has 0 aliphatic carbocycles. The number of thiophene rings is 1. The van der Waals surface area contributed by atoms with Crippen LogP contribution in [0.1, 0.15) is 5.56 Å². The van der Waals surface area contributed by atoms with E-state index in [1.807, 2.05) is 11.3 Å². The Hall–Kier alpha value is -3.16. The molecule has 0 aliphatic rings. The highest BCUT2D eigenvalue weighted by atomic mass is 32.1. The second kappa shape index (κ2) is 5.92. The summed E-state index contributed by atoms with van der Waals surface area (Å²) in [5.74, 6) is 0. The van der Waals surface area contributed by atoms with Crippen LogP contribution in [-0.2, 0) is 0 Å². The fraction of sp³-hybridized carbons (Fsp3) is 0.0370. The standard InChI is InChI=1S/C27H18S/c1-17-10-12-19(13-11-17)23-16-24-26-20-7-3-2-6-18(20)14-15-25(26)28-27(24)22-9-5-4-8-21(22)23/h2-16H,1H3. The Morgan fingerprint density at radius 2 is 1.32 bits per heavy atom. The normalized spacial score (nSPS) is 11.8. The van der Waals surface area contributed by atoms with Gasteiger partial charge in [0.25, 0.3) is 0 Å². The van der Waals surface area contributed by atoms with Crippen LogP contribution in [0.4, 0.5) is 0 Å². The fourth-order valence-corrected chi connectivity index (χ4v) is 5.58. The maximum absolute atomic E-state index is 2.41. The van der Waals surface area contributed by atoms with Gasteiger partial charge in [0.1, 0.15) is 0 Å². The third-order valence-corrected chi connectivity index (χ3v) is 6.93. The Balaban J connectivity index is 1.84. The Labute approximate surface area is 167 Å². The minimum Gasteiger partial charge on any atom is -0.135 e. The molecule has 6 rings (SSSR count). The highest BCUT2D eigenvalue weighted by Gasteiger charge is 2.14. The lowest BCUT2D eigenvalue weighted by Gasteiger charge is -2.10. The number of fused-ring (bicyclic) bond motifs is 7. The van der Waals surface area contributed by atoms with Crippen molar-refractivity contribution in [3.63, 3.8) is 0 Å². The minimum atomic E-state index is 1.28. The van der Waals surface area contributed by atoms with Gasteiger partial charge in [0.15, 0.2) is 0 Å². The molecule has 0 amide bonds. The number of hydrogen-bond acceptors (Lipinski definition) is 1. The van der Waals surface area contributed by atoms with Crippen LogP contribution in [0.2, 0.25) is 0 Å². The first-order valence-corrected chi connectivity index (χ1v) is 10.4. The van der Waals surface area contributed by atoms with Gasteiger partial charge in [-0.2, -0.15) is 0 Å². The van der Waals surface area contributed by atoms with Crippen LogP contribution >= 0.6 is 11.3 Å². The van der Waals surface area contributed by atoms with E-state index < -0.39 is 0 Å². The summed E-state index contributed by atoms with van der Waals surface area (Å²) in [4.78, 5) is 0. The molecule has 0 unspecified atom stereocenters. The monoisotopic (exact) mass is 374 g/mol. The van der Waals surface area contributed by atoms with E-state index in [-0.39, 0.29) is 0 Å². The van der Waals surface area contributed by atoms with Gasteiger partial charge in [-0.25, -0.2) is 0 Å². The molecule has 1 aromatic heterocycles. The molecule has 0 radical (unpaired) electrons. The molecule has 0 fully saturated rings. The van der Waals surface area contributed by atoms with Gasteiger partial charge in [-0.15, -0.1) is 11.3 Å². The predicted molar refractivity (Wildman–Crippen MR) is 125 cm³/mol. The van der Waals surface area contributed by atoms with Gasteiger partial charge in [0, 0.05) is 25.6 Å². The molecule has 0 aliphatic heterocycles. The van der Waals surface area contributed by atoms with Crippen LogP contribution in [0, 0.1) is 6.92 Å². The van der Waals surface area contributed by atoms with Gasteiger partial charge < -0.3 is 0 Å². The molecule has 0 N–H and O–H groups in total. The third kappa shape index (κ3) is 2.23. The van der Waals surface area contributed by atoms with Crippen LogP contribution < -0.4 is 0 Å². The molecule has 0 atom stereocenters. The first-order chi connectivity index (χ1) is 13.8. The van der Waals surface area contributed by atoms with Crippen molar-refractivity contribution >= 4 is 53.1 Å². The van der Waals surface area contributed by atoms with Gasteiger partial charge >= 0.3 is 0 Å². The average Bonchev–Trinajstić information content (AvgIpc) is 3.13. The maximum Gasteiger partial charge on any atom is 0.0434 e. The van der Waals surface area contributed by atoms with E-state index in [1.165, 1.54) is 58.4 Å². The lowest BCUT2D eigenvalue weighted by molar-refractivity contribution is 1.47. The molecule has 5 aromatic carbocycles. The molecular formula is C27H18S. The molecule has 0 bridgehead atoms. The fourth-order valence-electron chi connectivity index (χ4n) is 4.34. The zero-order chi connectivity index (χ0) is 18.7. The summed E-state index contributed by atoms with van der Waals surface area (Å²) in [6.45, 7) is 2.14. The van der Waals surface area contributed by atoms with E-state index >= 15 is 0 Å². The Morgan fingerprint density at radius 1 is 0.607 bits per heavy atom. The van der Waals surface area contributed by atoms with E-state index in [0.29, 0.717) is 0 Å². The van der Waals surface area contributed by atoms with Crippen molar-refractivity contribution in [1.29, 1.82) is 0 Å². The lowest BCUT2D eigenvalue weighted by atomic mass is 9.94. The van der Waals surface area contributed by atoms with Crippen LogP contribution in [0.3, 0.4) is 0 Å². The summed E-state index contributed by atoms with van der Waals surface area (Å²) >= 11 is 1.91. The number of aryl methyl sites for hydroxylation is 1. The number of hydrogen-bond donors (Lipinski definition) is 0. The number of rotatable bonds is 1. The molecule has 1 heterocycles. The quantitative estimate of drug-likeness (QED) is 0.271. The summed E-state index contributed by atoms with van der Waals surface area (Å²) in [6.07, 6.45) is 0. The average molecular weight is 375 g/mol. The summed E-state index contributed by atoms with van der Waals surface area (Å²) in [5, 5.41) is 8.08. The van der Waals surface area contributed by atoms with Crippen molar-refractivity contribution in [2.45, 2.75) is 6.92 Å². The molecule has 6 aromatic rings. The molecule has 0 saturated carbocycles. The number of benzene rings is 5. The van der Waals surface area contributed by atoms with E-state index in [1.54, 1.807) is 0 Å². The van der Waals surface area contributed by atoms with E-state index in [9.17, 15) is 0 Å². The van der Waals surface area contributed by atoms with E-state index in [4.69, 9.17) is 0 Å². The van der Waals surface area contributed by atoms with E-state index in [2.05, 4.69) is 97.9 Å². The van der Waals surface area contributed by atoms with Gasteiger partial charge in [-0.1, -0.05) is 84.4 Å². The van der Waals surface area contributed by atoms with Crippen molar-refractivity contribution in [2.75, 3.05) is 0 Å². The molecule has 28 heavy (non-hydrogen) atoms. The highest BCUT2D eigenvalue weighted by Crippen LogP contribution is 2.44. The van der Waals surface area contributed by atoms with Crippen LogP contribution in [0.5, 0.6) is 0 Å². The zero-order valence-corrected chi connectivity index (χ0v) is 16.4. The van der Waals surface area contributed by atoms with Gasteiger partial charge in [-0.05, 0) is 46.3 Å². The maximum atomic E-state index is 2.41. The van der Waals surface area contributed by atoms with Crippen LogP contribution in [0.15, 0.2) is 91.0 Å².